The van der Waals surface area contributed by atoms with Crippen molar-refractivity contribution in [1.82, 2.24) is 0 Å². The number of aliphatic hydroxyl groups excluding tert-OH is 1. The summed E-state index contributed by atoms with van der Waals surface area (Å²) in [4.78, 5) is 13.6. The first-order valence-corrected chi connectivity index (χ1v) is 4.10. The zero-order valence-corrected chi connectivity index (χ0v) is 7.74. The molecule has 4 N–H and O–H groups in total. The van der Waals surface area contributed by atoms with Crippen molar-refractivity contribution in [3.63, 3.8) is 0 Å². The highest BCUT2D eigenvalue weighted by atomic mass is 16.4. The van der Waals surface area contributed by atoms with Gasteiger partial charge in [0.25, 0.3) is 0 Å². The number of nitrogens with zero attached hydrogens (tertiary/aromatic N) is 3. The fourth-order valence-electron chi connectivity index (χ4n) is 0.748. The molecule has 1 atom stereocenters. The van der Waals surface area contributed by atoms with Gasteiger partial charge in [-0.05, 0) is 6.08 Å². The normalized spacial score (nSPS) is 17.5. The van der Waals surface area contributed by atoms with Gasteiger partial charge in [-0.3, -0.25) is 9.79 Å². The first-order chi connectivity index (χ1) is 7.15. The summed E-state index contributed by atoms with van der Waals surface area (Å²) in [7, 11) is 0. The molecule has 15 heavy (non-hydrogen) atoms. The summed E-state index contributed by atoms with van der Waals surface area (Å²) in [6.07, 6.45) is 5.21. The third-order valence-electron chi connectivity index (χ3n) is 1.57. The first kappa shape index (κ1) is 11.2. The van der Waals surface area contributed by atoms with Crippen molar-refractivity contribution in [2.24, 2.45) is 21.0 Å². The van der Waals surface area contributed by atoms with E-state index in [1.54, 1.807) is 12.4 Å². The Morgan fingerprint density at radius 2 is 2.27 bits per heavy atom. The molecule has 7 nitrogen and oxygen atoms in total. The lowest BCUT2D eigenvalue weighted by Gasteiger charge is -1.96. The van der Waals surface area contributed by atoms with Crippen LogP contribution in [0.15, 0.2) is 38.9 Å². The van der Waals surface area contributed by atoms with E-state index < -0.39 is 18.6 Å². The molecule has 2 rings (SSSR count). The van der Waals surface area contributed by atoms with E-state index in [2.05, 4.69) is 15.2 Å². The fourth-order valence-corrected chi connectivity index (χ4v) is 0.748. The summed E-state index contributed by atoms with van der Waals surface area (Å²) in [6.45, 7) is -0.505. The van der Waals surface area contributed by atoms with E-state index in [9.17, 15) is 4.79 Å². The second kappa shape index (κ2) is 5.13. The largest absolute Gasteiger partial charge is 0.480 e. The molecule has 0 spiro atoms. The zero-order valence-electron chi connectivity index (χ0n) is 7.74. The highest BCUT2D eigenvalue weighted by Gasteiger charge is 2.09. The monoisotopic (exact) mass is 210 g/mol. The highest BCUT2D eigenvalue weighted by Crippen LogP contribution is 2.22. The standard InChI is InChI=1S/C5H3N3.C3H7NO3/c1-2-6-5-3-7-8-4(1)5;4-2(1-5)3(6)7/h1-3H;2,5H,1,4H2,(H,6,7)/t;2-/m.0/s1. The Kier molecular flexibility index (Phi) is 3.83. The van der Waals surface area contributed by atoms with Crippen LogP contribution in [0, 0.1) is 0 Å². The van der Waals surface area contributed by atoms with Crippen molar-refractivity contribution in [2.45, 2.75) is 6.04 Å². The van der Waals surface area contributed by atoms with Gasteiger partial charge in [0.1, 0.15) is 17.4 Å². The molecular formula is C8H10N4O3. The molecule has 0 saturated heterocycles. The van der Waals surface area contributed by atoms with Gasteiger partial charge in [-0.25, -0.2) is 0 Å². The van der Waals surface area contributed by atoms with Gasteiger partial charge in [0.15, 0.2) is 0 Å². The minimum atomic E-state index is -1.18. The molecule has 0 amide bonds. The van der Waals surface area contributed by atoms with Crippen LogP contribution in [0.3, 0.4) is 0 Å². The smallest absolute Gasteiger partial charge is 0.322 e. The number of carboxylic acids is 1. The van der Waals surface area contributed by atoms with E-state index in [0.717, 1.165) is 11.4 Å². The van der Waals surface area contributed by atoms with E-state index in [4.69, 9.17) is 15.9 Å². The predicted molar refractivity (Wildman–Crippen MR) is 52.2 cm³/mol. The minimum absolute atomic E-state index is 0.505. The molecule has 0 saturated carbocycles. The summed E-state index contributed by atoms with van der Waals surface area (Å²) >= 11 is 0. The molecular weight excluding hydrogens is 200 g/mol. The maximum Gasteiger partial charge on any atom is 0.322 e. The summed E-state index contributed by atoms with van der Waals surface area (Å²) in [6, 6.07) is -1.13. The molecule has 0 radical (unpaired) electrons. The Bertz CT molecular complexity index is 344. The number of azo groups is 1. The van der Waals surface area contributed by atoms with Crippen molar-refractivity contribution >= 4 is 12.2 Å². The molecule has 0 unspecified atom stereocenters. The molecule has 0 fully saturated rings. The van der Waals surface area contributed by atoms with Crippen molar-refractivity contribution in [3.8, 4) is 0 Å². The second-order valence-electron chi connectivity index (χ2n) is 2.69. The van der Waals surface area contributed by atoms with E-state index in [1.807, 2.05) is 6.08 Å². The maximum absolute atomic E-state index is 9.65. The summed E-state index contributed by atoms with van der Waals surface area (Å²) in [5, 5.41) is 23.3. The van der Waals surface area contributed by atoms with Crippen molar-refractivity contribution in [3.05, 3.63) is 23.7 Å². The van der Waals surface area contributed by atoms with Gasteiger partial charge in [-0.1, -0.05) is 0 Å². The van der Waals surface area contributed by atoms with Crippen LogP contribution in [0.25, 0.3) is 0 Å². The van der Waals surface area contributed by atoms with Crippen LogP contribution in [-0.2, 0) is 4.79 Å². The van der Waals surface area contributed by atoms with Gasteiger partial charge >= 0.3 is 5.97 Å². The van der Waals surface area contributed by atoms with Crippen molar-refractivity contribution < 1.29 is 15.0 Å². The summed E-state index contributed by atoms with van der Waals surface area (Å²) < 4.78 is 0. The van der Waals surface area contributed by atoms with Crippen LogP contribution in [0.4, 0.5) is 0 Å². The summed E-state index contributed by atoms with van der Waals surface area (Å²) in [5.41, 5.74) is 6.53. The number of aliphatic imine (C=N–C) groups is 1. The van der Waals surface area contributed by atoms with Crippen molar-refractivity contribution in [2.75, 3.05) is 6.61 Å². The lowest BCUT2D eigenvalue weighted by Crippen LogP contribution is -2.33. The number of aliphatic hydroxyl groups is 1. The number of carbonyl (C=O) groups is 1. The Labute approximate surface area is 85.3 Å². The number of hydrogen-bond acceptors (Lipinski definition) is 6. The van der Waals surface area contributed by atoms with E-state index in [-0.39, 0.29) is 0 Å². The Hall–Kier alpha value is -1.86. The summed E-state index contributed by atoms with van der Waals surface area (Å²) in [5.74, 6) is -1.18. The molecule has 2 heterocycles. The molecule has 0 aromatic carbocycles. The lowest BCUT2D eigenvalue weighted by molar-refractivity contribution is -0.139. The van der Waals surface area contributed by atoms with Crippen molar-refractivity contribution in [1.29, 1.82) is 0 Å². The number of aliphatic carboxylic acids is 1. The van der Waals surface area contributed by atoms with E-state index in [1.165, 1.54) is 0 Å². The average Bonchev–Trinajstić information content (AvgIpc) is 2.78. The molecule has 2 aliphatic heterocycles. The Balaban J connectivity index is 0.000000153. The Morgan fingerprint density at radius 3 is 2.73 bits per heavy atom. The number of carboxylic acid groups (broad SMARTS) is 1. The Morgan fingerprint density at radius 1 is 1.53 bits per heavy atom. The van der Waals surface area contributed by atoms with Crippen LogP contribution >= 0.6 is 0 Å². The number of nitrogens with two attached hydrogens (primary N) is 1. The molecule has 0 aromatic rings. The average molecular weight is 210 g/mol. The van der Waals surface area contributed by atoms with Crippen LogP contribution in [-0.4, -0.2) is 35.0 Å². The molecule has 0 bridgehead atoms. The predicted octanol–water partition coefficient (Wildman–Crippen LogP) is -0.348. The van der Waals surface area contributed by atoms with E-state index in [0.29, 0.717) is 0 Å². The molecule has 0 aliphatic carbocycles. The van der Waals surface area contributed by atoms with Crippen LogP contribution < -0.4 is 5.73 Å². The zero-order chi connectivity index (χ0) is 11.3. The first-order valence-electron chi connectivity index (χ1n) is 4.10. The van der Waals surface area contributed by atoms with Crippen LogP contribution in [0.2, 0.25) is 0 Å². The fraction of sp³-hybridized carbons (Fsp3) is 0.250. The SMILES string of the molecule is C1=NC2=CN=NC2=C1.N[C@@H](CO)C(=O)O. The molecule has 7 heteroatoms. The number of allylic oxidation sites excluding steroid dienone is 1. The van der Waals surface area contributed by atoms with Gasteiger partial charge in [-0.15, -0.1) is 5.11 Å². The van der Waals surface area contributed by atoms with Gasteiger partial charge in [0, 0.05) is 6.21 Å². The topological polar surface area (TPSA) is 121 Å². The van der Waals surface area contributed by atoms with Crippen LogP contribution in [0.5, 0.6) is 0 Å². The number of fused-ring (bicyclic) bond motifs is 1. The lowest BCUT2D eigenvalue weighted by atomic mass is 10.3. The third-order valence-corrected chi connectivity index (χ3v) is 1.57. The minimum Gasteiger partial charge on any atom is -0.480 e. The molecule has 80 valence electrons. The van der Waals surface area contributed by atoms with Gasteiger partial charge in [0.05, 0.1) is 12.8 Å². The maximum atomic E-state index is 9.65. The third kappa shape index (κ3) is 3.08. The molecule has 2 aliphatic rings. The number of hydrogen-bond donors (Lipinski definition) is 3. The van der Waals surface area contributed by atoms with Gasteiger partial charge in [0.2, 0.25) is 0 Å². The van der Waals surface area contributed by atoms with Gasteiger partial charge < -0.3 is 15.9 Å². The van der Waals surface area contributed by atoms with Gasteiger partial charge in [-0.2, -0.15) is 5.11 Å². The quantitative estimate of drug-likeness (QED) is 0.576. The van der Waals surface area contributed by atoms with Crippen LogP contribution in [0.1, 0.15) is 0 Å². The number of rotatable bonds is 2. The second-order valence-corrected chi connectivity index (χ2v) is 2.69. The highest BCUT2D eigenvalue weighted by molar-refractivity contribution is 5.79. The molecule has 0 aromatic heterocycles. The van der Waals surface area contributed by atoms with E-state index >= 15 is 0 Å².